The van der Waals surface area contributed by atoms with Crippen LogP contribution in [0, 0.1) is 0 Å². The summed E-state index contributed by atoms with van der Waals surface area (Å²) in [6.45, 7) is 0. The topological polar surface area (TPSA) is 77.8 Å². The first-order valence-corrected chi connectivity index (χ1v) is 7.18. The molecule has 0 aliphatic heterocycles. The highest BCUT2D eigenvalue weighted by molar-refractivity contribution is 7.98. The molecule has 2 rings (SSSR count). The number of rotatable bonds is 5. The van der Waals surface area contributed by atoms with Crippen molar-refractivity contribution in [2.45, 2.75) is 12.5 Å². The number of hydrogen-bond donors (Lipinski definition) is 1. The number of nitrogens with zero attached hydrogens (tertiary/aromatic N) is 3. The van der Waals surface area contributed by atoms with Crippen molar-refractivity contribution in [2.24, 2.45) is 5.73 Å². The Morgan fingerprint density at radius 1 is 1.56 bits per heavy atom. The number of hydrogen-bond acceptors (Lipinski definition) is 6. The molecule has 2 N–H and O–H groups in total. The van der Waals surface area contributed by atoms with Crippen molar-refractivity contribution in [2.75, 3.05) is 12.0 Å². The van der Waals surface area contributed by atoms with Gasteiger partial charge < -0.3 is 10.3 Å². The van der Waals surface area contributed by atoms with Gasteiger partial charge in [-0.2, -0.15) is 16.7 Å². The smallest absolute Gasteiger partial charge is 0.243 e. The van der Waals surface area contributed by atoms with Gasteiger partial charge in [-0.25, -0.2) is 0 Å². The third kappa shape index (κ3) is 3.01. The van der Waals surface area contributed by atoms with E-state index in [4.69, 9.17) is 21.9 Å². The monoisotopic (exact) mass is 284 g/mol. The summed E-state index contributed by atoms with van der Waals surface area (Å²) in [4.78, 5) is 8.36. The van der Waals surface area contributed by atoms with Gasteiger partial charge in [0.1, 0.15) is 5.69 Å². The van der Waals surface area contributed by atoms with Gasteiger partial charge in [0, 0.05) is 6.20 Å². The van der Waals surface area contributed by atoms with E-state index in [1.807, 2.05) is 6.26 Å². The van der Waals surface area contributed by atoms with E-state index in [1.54, 1.807) is 30.1 Å². The van der Waals surface area contributed by atoms with Crippen molar-refractivity contribution in [1.29, 1.82) is 0 Å². The van der Waals surface area contributed by atoms with Crippen molar-refractivity contribution >= 4 is 23.4 Å². The number of nitrogens with two attached hydrogens (primary N) is 1. The Balaban J connectivity index is 2.18. The zero-order valence-electron chi connectivity index (χ0n) is 9.84. The molecule has 2 aromatic rings. The summed E-state index contributed by atoms with van der Waals surface area (Å²) in [7, 11) is 0. The second-order valence-electron chi connectivity index (χ2n) is 3.68. The SMILES string of the molecule is CSCC[C@H](N)c1nc(-c2ncccc2Cl)no1. The first-order chi connectivity index (χ1) is 8.72. The lowest BCUT2D eigenvalue weighted by Crippen LogP contribution is -2.11. The van der Waals surface area contributed by atoms with Crippen LogP contribution in [0.4, 0.5) is 0 Å². The number of thioether (sulfide) groups is 1. The van der Waals surface area contributed by atoms with E-state index in [-0.39, 0.29) is 6.04 Å². The van der Waals surface area contributed by atoms with Crippen molar-refractivity contribution in [3.63, 3.8) is 0 Å². The molecule has 2 aromatic heterocycles. The summed E-state index contributed by atoms with van der Waals surface area (Å²) in [6.07, 6.45) is 4.45. The van der Waals surface area contributed by atoms with E-state index in [2.05, 4.69) is 15.1 Å². The van der Waals surface area contributed by atoms with E-state index in [9.17, 15) is 0 Å². The summed E-state index contributed by atoms with van der Waals surface area (Å²) in [6, 6.07) is 3.23. The molecule has 2 heterocycles. The lowest BCUT2D eigenvalue weighted by molar-refractivity contribution is 0.353. The minimum absolute atomic E-state index is 0.249. The highest BCUT2D eigenvalue weighted by atomic mass is 35.5. The van der Waals surface area contributed by atoms with Crippen LogP contribution < -0.4 is 5.73 Å². The van der Waals surface area contributed by atoms with Crippen LogP contribution in [-0.4, -0.2) is 27.1 Å². The van der Waals surface area contributed by atoms with E-state index in [1.165, 1.54) is 0 Å². The van der Waals surface area contributed by atoms with E-state index in [0.717, 1.165) is 12.2 Å². The lowest BCUT2D eigenvalue weighted by atomic mass is 10.2. The fourth-order valence-electron chi connectivity index (χ4n) is 1.40. The Kier molecular flexibility index (Phi) is 4.57. The van der Waals surface area contributed by atoms with Crippen LogP contribution in [0.5, 0.6) is 0 Å². The van der Waals surface area contributed by atoms with Gasteiger partial charge in [-0.3, -0.25) is 4.98 Å². The molecular formula is C11H13ClN4OS. The molecule has 0 amide bonds. The molecule has 0 bridgehead atoms. The summed E-state index contributed by atoms with van der Waals surface area (Å²) >= 11 is 7.74. The van der Waals surface area contributed by atoms with Gasteiger partial charge in [0.25, 0.3) is 0 Å². The normalized spacial score (nSPS) is 12.6. The van der Waals surface area contributed by atoms with Gasteiger partial charge >= 0.3 is 0 Å². The molecular weight excluding hydrogens is 272 g/mol. The lowest BCUT2D eigenvalue weighted by Gasteiger charge is -2.03. The molecule has 18 heavy (non-hydrogen) atoms. The van der Waals surface area contributed by atoms with E-state index in [0.29, 0.717) is 22.4 Å². The van der Waals surface area contributed by atoms with Crippen LogP contribution in [0.25, 0.3) is 11.5 Å². The highest BCUT2D eigenvalue weighted by Crippen LogP contribution is 2.24. The Labute approximate surface area is 114 Å². The Morgan fingerprint density at radius 3 is 3.11 bits per heavy atom. The fraction of sp³-hybridized carbons (Fsp3) is 0.364. The van der Waals surface area contributed by atoms with Crippen LogP contribution in [0.2, 0.25) is 5.02 Å². The maximum Gasteiger partial charge on any atom is 0.243 e. The summed E-state index contributed by atoms with van der Waals surface area (Å²) in [5.41, 5.74) is 6.45. The van der Waals surface area contributed by atoms with E-state index >= 15 is 0 Å². The zero-order chi connectivity index (χ0) is 13.0. The van der Waals surface area contributed by atoms with Crippen LogP contribution in [0.1, 0.15) is 18.4 Å². The molecule has 0 fully saturated rings. The summed E-state index contributed by atoms with van der Waals surface area (Å²) in [5, 5.41) is 4.35. The fourth-order valence-corrected chi connectivity index (χ4v) is 2.10. The minimum atomic E-state index is -0.249. The Bertz CT molecular complexity index is 519. The maximum absolute atomic E-state index is 6.01. The molecule has 0 aliphatic rings. The average Bonchev–Trinajstić information content (AvgIpc) is 2.86. The first kappa shape index (κ1) is 13.3. The van der Waals surface area contributed by atoms with Gasteiger partial charge in [0.2, 0.25) is 11.7 Å². The standard InChI is InChI=1S/C11H13ClN4OS/c1-18-6-4-8(13)11-15-10(16-17-11)9-7(12)3-2-5-14-9/h2-3,5,8H,4,6,13H2,1H3/t8-/m0/s1. The molecule has 0 radical (unpaired) electrons. The minimum Gasteiger partial charge on any atom is -0.337 e. The van der Waals surface area contributed by atoms with Crippen LogP contribution in [-0.2, 0) is 0 Å². The van der Waals surface area contributed by atoms with Gasteiger partial charge in [-0.1, -0.05) is 16.8 Å². The second kappa shape index (κ2) is 6.17. The molecule has 96 valence electrons. The van der Waals surface area contributed by atoms with Gasteiger partial charge in [0.05, 0.1) is 11.1 Å². The summed E-state index contributed by atoms with van der Waals surface area (Å²) in [5.74, 6) is 1.74. The molecule has 0 aliphatic carbocycles. The predicted molar refractivity (Wildman–Crippen MR) is 72.5 cm³/mol. The first-order valence-electron chi connectivity index (χ1n) is 5.41. The van der Waals surface area contributed by atoms with E-state index < -0.39 is 0 Å². The largest absolute Gasteiger partial charge is 0.337 e. The Hall–Kier alpha value is -1.11. The van der Waals surface area contributed by atoms with Crippen LogP contribution in [0.15, 0.2) is 22.9 Å². The van der Waals surface area contributed by atoms with Gasteiger partial charge in [-0.15, -0.1) is 0 Å². The second-order valence-corrected chi connectivity index (χ2v) is 5.07. The molecule has 0 spiro atoms. The average molecular weight is 285 g/mol. The number of pyridine rings is 1. The number of halogens is 1. The third-order valence-electron chi connectivity index (χ3n) is 2.36. The predicted octanol–water partition coefficient (Wildman–Crippen LogP) is 2.54. The van der Waals surface area contributed by atoms with Crippen molar-refractivity contribution in [3.8, 4) is 11.5 Å². The van der Waals surface area contributed by atoms with Crippen molar-refractivity contribution in [3.05, 3.63) is 29.2 Å². The molecule has 0 saturated heterocycles. The van der Waals surface area contributed by atoms with Crippen molar-refractivity contribution < 1.29 is 4.52 Å². The molecule has 0 aromatic carbocycles. The van der Waals surface area contributed by atoms with Gasteiger partial charge in [-0.05, 0) is 30.6 Å². The molecule has 7 heteroatoms. The van der Waals surface area contributed by atoms with Gasteiger partial charge in [0.15, 0.2) is 0 Å². The quantitative estimate of drug-likeness (QED) is 0.909. The zero-order valence-corrected chi connectivity index (χ0v) is 11.4. The Morgan fingerprint density at radius 2 is 2.39 bits per heavy atom. The highest BCUT2D eigenvalue weighted by Gasteiger charge is 2.17. The van der Waals surface area contributed by atoms with Crippen LogP contribution in [0.3, 0.4) is 0 Å². The van der Waals surface area contributed by atoms with Crippen LogP contribution >= 0.6 is 23.4 Å². The summed E-state index contributed by atoms with van der Waals surface area (Å²) < 4.78 is 5.14. The van der Waals surface area contributed by atoms with Crippen molar-refractivity contribution in [1.82, 2.24) is 15.1 Å². The number of aromatic nitrogens is 3. The molecule has 0 saturated carbocycles. The molecule has 5 nitrogen and oxygen atoms in total. The molecule has 0 unspecified atom stereocenters. The molecule has 1 atom stereocenters. The third-order valence-corrected chi connectivity index (χ3v) is 3.31. The maximum atomic E-state index is 6.01.